The largest absolute Gasteiger partial charge is 0.493 e. The molecule has 38 heavy (non-hydrogen) atoms. The van der Waals surface area contributed by atoms with E-state index in [-0.39, 0.29) is 0 Å². The first-order chi connectivity index (χ1) is 18.4. The number of unbranched alkanes of at least 4 members (excludes halogenated alkanes) is 1. The Bertz CT molecular complexity index is 1040. The van der Waals surface area contributed by atoms with Gasteiger partial charge in [-0.25, -0.2) is 0 Å². The Morgan fingerprint density at radius 1 is 1.00 bits per heavy atom. The summed E-state index contributed by atoms with van der Waals surface area (Å²) >= 11 is 1.30. The normalized spacial score (nSPS) is 16.8. The lowest BCUT2D eigenvalue weighted by Gasteiger charge is -2.16. The minimum absolute atomic E-state index is 0.315. The van der Waals surface area contributed by atoms with E-state index in [1.165, 1.54) is 43.0 Å². The van der Waals surface area contributed by atoms with Gasteiger partial charge in [0.2, 0.25) is 6.04 Å². The predicted molar refractivity (Wildman–Crippen MR) is 157 cm³/mol. The predicted octanol–water partition coefficient (Wildman–Crippen LogP) is 7.70. The third-order valence-corrected chi connectivity index (χ3v) is 7.10. The van der Waals surface area contributed by atoms with Crippen LogP contribution in [0.2, 0.25) is 0 Å². The van der Waals surface area contributed by atoms with Crippen LogP contribution in [0.3, 0.4) is 0 Å². The van der Waals surface area contributed by atoms with Gasteiger partial charge in [0.15, 0.2) is 5.17 Å². The summed E-state index contributed by atoms with van der Waals surface area (Å²) in [6.45, 7) is 11.5. The molecule has 0 saturated heterocycles. The molecule has 8 heteroatoms. The standard InChI is InChI=1S/C20H28N4O3S.C10H14/c1-4-7-8-14(5-2)13-27-16-11-9-15(10-12-16)23-24-17-18(25)21-20(28-6-3)22-19(17)26;1-3-9(2)10-7-5-4-6-8-10/h9-12,14,17H,4-8,13H2,1-3H3,(H,21,22,25,26);4-9H,3H2,1-2H3. The fourth-order valence-electron chi connectivity index (χ4n) is 3.64. The van der Waals surface area contributed by atoms with Crippen molar-refractivity contribution in [2.75, 3.05) is 12.4 Å². The second-order valence-corrected chi connectivity index (χ2v) is 10.5. The molecular weight excluding hydrogens is 496 g/mol. The maximum absolute atomic E-state index is 12.0. The highest BCUT2D eigenvalue weighted by molar-refractivity contribution is 8.13. The fourth-order valence-corrected chi connectivity index (χ4v) is 4.25. The third kappa shape index (κ3) is 10.8. The van der Waals surface area contributed by atoms with Crippen LogP contribution in [-0.4, -0.2) is 35.4 Å². The number of carbonyl (C=O) groups is 2. The van der Waals surface area contributed by atoms with Gasteiger partial charge in [-0.2, -0.15) is 15.2 Å². The number of carbonyl (C=O) groups excluding carboxylic acids is 2. The molecule has 2 amide bonds. The van der Waals surface area contributed by atoms with Crippen molar-refractivity contribution in [3.63, 3.8) is 0 Å². The number of azo groups is 1. The van der Waals surface area contributed by atoms with Crippen molar-refractivity contribution in [1.82, 2.24) is 5.32 Å². The zero-order valence-electron chi connectivity index (χ0n) is 23.4. The molecule has 206 valence electrons. The van der Waals surface area contributed by atoms with E-state index in [0.29, 0.717) is 35.1 Å². The molecule has 0 aromatic heterocycles. The number of benzene rings is 2. The Morgan fingerprint density at radius 2 is 1.71 bits per heavy atom. The molecule has 0 spiro atoms. The first kappa shape index (κ1) is 31.2. The molecule has 0 fully saturated rings. The number of amides is 2. The highest BCUT2D eigenvalue weighted by atomic mass is 32.2. The molecule has 2 aromatic rings. The zero-order valence-corrected chi connectivity index (χ0v) is 24.2. The number of nitrogens with zero attached hydrogens (tertiary/aromatic N) is 3. The summed E-state index contributed by atoms with van der Waals surface area (Å²) in [6, 6.07) is 16.5. The lowest BCUT2D eigenvalue weighted by atomic mass is 9.99. The number of ether oxygens (including phenoxy) is 1. The van der Waals surface area contributed by atoms with E-state index < -0.39 is 17.9 Å². The van der Waals surface area contributed by atoms with Crippen LogP contribution < -0.4 is 10.1 Å². The molecule has 1 N–H and O–H groups in total. The average Bonchev–Trinajstić information content (AvgIpc) is 2.94. The van der Waals surface area contributed by atoms with Crippen molar-refractivity contribution in [2.24, 2.45) is 21.1 Å². The number of hydrogen-bond donors (Lipinski definition) is 1. The molecule has 0 saturated carbocycles. The van der Waals surface area contributed by atoms with E-state index in [1.807, 2.05) is 19.1 Å². The zero-order chi connectivity index (χ0) is 27.8. The van der Waals surface area contributed by atoms with E-state index in [4.69, 9.17) is 4.74 Å². The van der Waals surface area contributed by atoms with E-state index in [2.05, 4.69) is 78.6 Å². The maximum atomic E-state index is 12.0. The SMILES string of the molecule is CCC(C)c1ccccc1.CCCCC(CC)COc1ccc(N=NC2C(=O)N=C(SCC)NC2=O)cc1. The monoisotopic (exact) mass is 538 g/mol. The molecule has 1 aliphatic heterocycles. The number of amidine groups is 1. The molecule has 3 unspecified atom stereocenters. The van der Waals surface area contributed by atoms with Crippen molar-refractivity contribution in [2.45, 2.75) is 78.7 Å². The molecule has 2 aromatic carbocycles. The van der Waals surface area contributed by atoms with Crippen LogP contribution in [0.15, 0.2) is 69.8 Å². The first-order valence-corrected chi connectivity index (χ1v) is 14.6. The van der Waals surface area contributed by atoms with Crippen molar-refractivity contribution >= 4 is 34.4 Å². The fraction of sp³-hybridized carbons (Fsp3) is 0.500. The summed E-state index contributed by atoms with van der Waals surface area (Å²) in [5, 5.41) is 10.8. The van der Waals surface area contributed by atoms with Gasteiger partial charge < -0.3 is 10.1 Å². The van der Waals surface area contributed by atoms with Gasteiger partial charge in [-0.05, 0) is 60.3 Å². The maximum Gasteiger partial charge on any atom is 0.284 e. The Balaban J connectivity index is 0.000000423. The molecule has 3 atom stereocenters. The van der Waals surface area contributed by atoms with Crippen molar-refractivity contribution in [3.8, 4) is 5.75 Å². The van der Waals surface area contributed by atoms with Crippen LogP contribution >= 0.6 is 11.8 Å². The van der Waals surface area contributed by atoms with Gasteiger partial charge in [0, 0.05) is 0 Å². The summed E-state index contributed by atoms with van der Waals surface area (Å²) in [7, 11) is 0. The van der Waals surface area contributed by atoms with Gasteiger partial charge in [-0.1, -0.05) is 96.0 Å². The molecule has 0 radical (unpaired) electrons. The topological polar surface area (TPSA) is 92.5 Å². The third-order valence-electron chi connectivity index (χ3n) is 6.34. The number of hydrogen-bond acceptors (Lipinski definition) is 6. The second kappa shape index (κ2) is 17.5. The number of nitrogens with one attached hydrogen (secondary N) is 1. The number of aliphatic imine (C=N–C) groups is 1. The van der Waals surface area contributed by atoms with Gasteiger partial charge >= 0.3 is 0 Å². The summed E-state index contributed by atoms with van der Waals surface area (Å²) in [5.74, 6) is 1.65. The van der Waals surface area contributed by atoms with Gasteiger partial charge in [0.1, 0.15) is 5.75 Å². The van der Waals surface area contributed by atoms with E-state index in [9.17, 15) is 9.59 Å². The number of rotatable bonds is 12. The van der Waals surface area contributed by atoms with Crippen LogP contribution in [0.25, 0.3) is 0 Å². The van der Waals surface area contributed by atoms with Gasteiger partial charge in [-0.3, -0.25) is 9.59 Å². The summed E-state index contributed by atoms with van der Waals surface area (Å²) in [6.07, 6.45) is 5.92. The number of thioether (sulfide) groups is 1. The molecule has 0 bridgehead atoms. The van der Waals surface area contributed by atoms with Crippen LogP contribution in [0.1, 0.15) is 78.2 Å². The van der Waals surface area contributed by atoms with Crippen molar-refractivity contribution < 1.29 is 14.3 Å². The summed E-state index contributed by atoms with van der Waals surface area (Å²) < 4.78 is 5.86. The Kier molecular flexibility index (Phi) is 14.4. The highest BCUT2D eigenvalue weighted by Gasteiger charge is 2.32. The van der Waals surface area contributed by atoms with Gasteiger partial charge in [0.25, 0.3) is 11.8 Å². The van der Waals surface area contributed by atoms with E-state index in [0.717, 1.165) is 12.2 Å². The summed E-state index contributed by atoms with van der Waals surface area (Å²) in [5.41, 5.74) is 1.99. The minimum atomic E-state index is -1.24. The Morgan fingerprint density at radius 3 is 2.29 bits per heavy atom. The van der Waals surface area contributed by atoms with Crippen LogP contribution in [0.5, 0.6) is 5.75 Å². The van der Waals surface area contributed by atoms with E-state index in [1.54, 1.807) is 12.1 Å². The molecule has 7 nitrogen and oxygen atoms in total. The molecule has 3 rings (SSSR count). The lowest BCUT2D eigenvalue weighted by molar-refractivity contribution is -0.129. The molecule has 0 aliphatic carbocycles. The second-order valence-electron chi connectivity index (χ2n) is 9.24. The van der Waals surface area contributed by atoms with Crippen molar-refractivity contribution in [3.05, 3.63) is 60.2 Å². The summed E-state index contributed by atoms with van der Waals surface area (Å²) in [4.78, 5) is 27.8. The van der Waals surface area contributed by atoms with Gasteiger partial charge in [0.05, 0.1) is 12.3 Å². The lowest BCUT2D eigenvalue weighted by Crippen LogP contribution is -2.45. The van der Waals surface area contributed by atoms with Crippen LogP contribution in [-0.2, 0) is 9.59 Å². The quantitative estimate of drug-likeness (QED) is 0.221. The minimum Gasteiger partial charge on any atom is -0.493 e. The smallest absolute Gasteiger partial charge is 0.284 e. The molecule has 1 heterocycles. The molecular formula is C30H42N4O3S. The van der Waals surface area contributed by atoms with Crippen LogP contribution in [0, 0.1) is 5.92 Å². The highest BCUT2D eigenvalue weighted by Crippen LogP contribution is 2.22. The Hall–Kier alpha value is -3.00. The van der Waals surface area contributed by atoms with Gasteiger partial charge in [-0.15, -0.1) is 0 Å². The van der Waals surface area contributed by atoms with Crippen molar-refractivity contribution in [1.29, 1.82) is 0 Å². The van der Waals surface area contributed by atoms with Crippen LogP contribution in [0.4, 0.5) is 5.69 Å². The average molecular weight is 539 g/mol. The Labute approximate surface area is 232 Å². The molecule has 1 aliphatic rings. The first-order valence-electron chi connectivity index (χ1n) is 13.7. The van der Waals surface area contributed by atoms with E-state index >= 15 is 0 Å².